The highest BCUT2D eigenvalue weighted by Crippen LogP contribution is 2.09. The predicted octanol–water partition coefficient (Wildman–Crippen LogP) is 1.64. The summed E-state index contributed by atoms with van der Waals surface area (Å²) in [6.45, 7) is 6.15. The van der Waals surface area contributed by atoms with Gasteiger partial charge in [0.15, 0.2) is 6.34 Å². The highest BCUT2D eigenvalue weighted by Gasteiger charge is 2.25. The minimum absolute atomic E-state index is 0.693. The highest BCUT2D eigenvalue weighted by molar-refractivity contribution is 6.14. The van der Waals surface area contributed by atoms with Crippen molar-refractivity contribution in [3.05, 3.63) is 71.8 Å². The molecule has 0 unspecified atom stereocenters. The predicted molar refractivity (Wildman–Crippen MR) is 117 cm³/mol. The first kappa shape index (κ1) is 19.4. The van der Waals surface area contributed by atoms with E-state index in [-0.39, 0.29) is 0 Å². The van der Waals surface area contributed by atoms with Crippen molar-refractivity contribution in [1.82, 2.24) is 14.5 Å². The molecule has 6 nitrogen and oxygen atoms in total. The summed E-state index contributed by atoms with van der Waals surface area (Å²) in [5, 5.41) is 0. The van der Waals surface area contributed by atoms with Crippen LogP contribution in [0.1, 0.15) is 11.1 Å². The minimum Gasteiger partial charge on any atom is -0.378 e. The molecular formula is C23H27N4O2+. The van der Waals surface area contributed by atoms with Crippen LogP contribution in [0.15, 0.2) is 65.7 Å². The van der Waals surface area contributed by atoms with Gasteiger partial charge in [-0.05, 0) is 4.99 Å². The molecule has 2 saturated heterocycles. The number of benzene rings is 2. The van der Waals surface area contributed by atoms with Crippen LogP contribution >= 0.6 is 0 Å². The van der Waals surface area contributed by atoms with Gasteiger partial charge in [-0.25, -0.2) is 9.57 Å². The second-order valence-electron chi connectivity index (χ2n) is 6.98. The molecule has 2 heterocycles. The Labute approximate surface area is 171 Å². The molecular weight excluding hydrogens is 364 g/mol. The lowest BCUT2D eigenvalue weighted by molar-refractivity contribution is 0.0667. The molecule has 29 heavy (non-hydrogen) atoms. The fourth-order valence-electron chi connectivity index (χ4n) is 3.36. The number of guanidine groups is 1. The number of hydrogen-bond acceptors (Lipinski definition) is 2. The van der Waals surface area contributed by atoms with Crippen LogP contribution in [-0.4, -0.2) is 80.4 Å². The zero-order valence-corrected chi connectivity index (χ0v) is 16.6. The van der Waals surface area contributed by atoms with Crippen molar-refractivity contribution in [1.29, 1.82) is 0 Å². The third-order valence-electron chi connectivity index (χ3n) is 4.98. The van der Waals surface area contributed by atoms with Crippen molar-refractivity contribution < 1.29 is 9.47 Å². The van der Waals surface area contributed by atoms with Gasteiger partial charge in [0.05, 0.1) is 39.5 Å². The highest BCUT2D eigenvalue weighted by atomic mass is 16.5. The smallest absolute Gasteiger partial charge is 0.378 e. The van der Waals surface area contributed by atoms with Crippen molar-refractivity contribution in [2.75, 3.05) is 52.6 Å². The Morgan fingerprint density at radius 3 is 1.83 bits per heavy atom. The van der Waals surface area contributed by atoms with Gasteiger partial charge in [-0.1, -0.05) is 60.7 Å². The fraction of sp³-hybridized carbons (Fsp3) is 0.348. The van der Waals surface area contributed by atoms with Crippen molar-refractivity contribution >= 4 is 18.0 Å². The normalized spacial score (nSPS) is 17.2. The van der Waals surface area contributed by atoms with Gasteiger partial charge in [0.2, 0.25) is 5.71 Å². The van der Waals surface area contributed by atoms with Crippen LogP contribution in [0.5, 0.6) is 0 Å². The Hall–Kier alpha value is -2.92. The lowest BCUT2D eigenvalue weighted by Crippen LogP contribution is -2.42. The van der Waals surface area contributed by atoms with Gasteiger partial charge in [0.1, 0.15) is 0 Å². The van der Waals surface area contributed by atoms with Crippen LogP contribution < -0.4 is 4.67 Å². The number of ether oxygens (including phenoxy) is 2. The van der Waals surface area contributed by atoms with E-state index >= 15 is 0 Å². The summed E-state index contributed by atoms with van der Waals surface area (Å²) < 4.78 is 16.0. The van der Waals surface area contributed by atoms with E-state index in [2.05, 4.69) is 34.1 Å². The van der Waals surface area contributed by atoms with Crippen LogP contribution in [0.4, 0.5) is 0 Å². The van der Waals surface area contributed by atoms with E-state index in [4.69, 9.17) is 19.1 Å². The molecule has 2 aromatic carbocycles. The summed E-state index contributed by atoms with van der Waals surface area (Å²) in [6, 6.07) is 20.6. The van der Waals surface area contributed by atoms with Crippen molar-refractivity contribution in [2.24, 2.45) is 4.99 Å². The molecule has 0 aliphatic carbocycles. The van der Waals surface area contributed by atoms with Crippen LogP contribution in [-0.2, 0) is 9.47 Å². The molecule has 0 bridgehead atoms. The summed E-state index contributed by atoms with van der Waals surface area (Å²) in [5.74, 6) is 0.725. The Morgan fingerprint density at radius 2 is 1.28 bits per heavy atom. The van der Waals surface area contributed by atoms with Gasteiger partial charge >= 0.3 is 5.96 Å². The topological polar surface area (TPSA) is 51.4 Å². The molecule has 4 rings (SSSR count). The second-order valence-corrected chi connectivity index (χ2v) is 6.98. The lowest BCUT2D eigenvalue weighted by Gasteiger charge is -2.23. The van der Waals surface area contributed by atoms with Crippen molar-refractivity contribution in [3.63, 3.8) is 0 Å². The van der Waals surface area contributed by atoms with E-state index in [0.29, 0.717) is 13.2 Å². The van der Waals surface area contributed by atoms with E-state index in [1.807, 2.05) is 42.7 Å². The first-order valence-electron chi connectivity index (χ1n) is 10.2. The molecule has 0 saturated carbocycles. The first-order chi connectivity index (χ1) is 14.4. The van der Waals surface area contributed by atoms with Gasteiger partial charge in [-0.3, -0.25) is 0 Å². The molecule has 2 aliphatic heterocycles. The summed E-state index contributed by atoms with van der Waals surface area (Å²) in [4.78, 5) is 9.19. The molecule has 0 N–H and O–H groups in total. The average molecular weight is 391 g/mol. The van der Waals surface area contributed by atoms with E-state index in [1.165, 1.54) is 0 Å². The molecule has 2 aromatic rings. The van der Waals surface area contributed by atoms with E-state index in [1.54, 1.807) is 0 Å². The Bertz CT molecular complexity index is 823. The maximum Gasteiger partial charge on any atom is 0.484 e. The zero-order chi connectivity index (χ0) is 19.7. The third-order valence-corrected chi connectivity index (χ3v) is 4.98. The van der Waals surface area contributed by atoms with Gasteiger partial charge in [-0.15, -0.1) is 0 Å². The summed E-state index contributed by atoms with van der Waals surface area (Å²) in [5.41, 5.74) is 3.07. The fourth-order valence-corrected chi connectivity index (χ4v) is 3.36. The van der Waals surface area contributed by atoms with Crippen LogP contribution in [0, 0.1) is 0 Å². The second kappa shape index (κ2) is 10.0. The van der Waals surface area contributed by atoms with E-state index in [0.717, 1.165) is 62.2 Å². The zero-order valence-electron chi connectivity index (χ0n) is 16.6. The number of nitrogens with zero attached hydrogens (tertiary/aromatic N) is 4. The molecule has 0 atom stereocenters. The first-order valence-corrected chi connectivity index (χ1v) is 10.2. The number of morpholine rings is 2. The quantitative estimate of drug-likeness (QED) is 0.454. The minimum atomic E-state index is 0.693. The summed E-state index contributed by atoms with van der Waals surface area (Å²) in [7, 11) is 0. The van der Waals surface area contributed by atoms with Crippen LogP contribution in [0.25, 0.3) is 0 Å². The molecule has 0 amide bonds. The molecule has 150 valence electrons. The van der Waals surface area contributed by atoms with Crippen molar-refractivity contribution in [2.45, 2.75) is 0 Å². The van der Waals surface area contributed by atoms with Crippen LogP contribution in [0.2, 0.25) is 0 Å². The standard InChI is InChI=1S/C23H27N4O2/c1-3-7-20(8-4-1)22(21-9-5-2-6-10-21)25-23(27-13-17-29-18-14-27)24-19-26-11-15-28-16-12-26/h1-10,19H,11-18H2/q+1. The maximum atomic E-state index is 5.54. The number of hydrogen-bond donors (Lipinski definition) is 0. The van der Waals surface area contributed by atoms with E-state index < -0.39 is 0 Å². The maximum absolute atomic E-state index is 5.54. The van der Waals surface area contributed by atoms with Gasteiger partial charge in [0.25, 0.3) is 0 Å². The number of aliphatic imine (C=N–C) groups is 1. The van der Waals surface area contributed by atoms with Gasteiger partial charge < -0.3 is 14.4 Å². The molecule has 0 aromatic heterocycles. The molecule has 0 radical (unpaired) electrons. The monoisotopic (exact) mass is 391 g/mol. The Kier molecular flexibility index (Phi) is 6.71. The third kappa shape index (κ3) is 5.33. The molecule has 0 spiro atoms. The largest absolute Gasteiger partial charge is 0.484 e. The van der Waals surface area contributed by atoms with Crippen molar-refractivity contribution in [3.8, 4) is 0 Å². The lowest BCUT2D eigenvalue weighted by atomic mass is 10.0. The van der Waals surface area contributed by atoms with Gasteiger partial charge in [0, 0.05) is 24.2 Å². The Balaban J connectivity index is 1.78. The molecule has 6 heteroatoms. The molecule has 2 aliphatic rings. The van der Waals surface area contributed by atoms with E-state index in [9.17, 15) is 0 Å². The average Bonchev–Trinajstić information content (AvgIpc) is 2.82. The SMILES string of the molecule is C(=N\C(=[N+]=C(c1ccccc1)c1ccccc1)N1CCOCC1)/N1CCOCC1. The number of rotatable bonds is 3. The van der Waals surface area contributed by atoms with Crippen LogP contribution in [0.3, 0.4) is 0 Å². The summed E-state index contributed by atoms with van der Waals surface area (Å²) >= 11 is 0. The van der Waals surface area contributed by atoms with Gasteiger partial charge in [-0.2, -0.15) is 0 Å². The Morgan fingerprint density at radius 1 is 0.759 bits per heavy atom. The summed E-state index contributed by atoms with van der Waals surface area (Å²) in [6.07, 6.45) is 1.91. The molecule has 2 fully saturated rings.